The van der Waals surface area contributed by atoms with Crippen molar-refractivity contribution in [1.29, 1.82) is 0 Å². The van der Waals surface area contributed by atoms with Crippen LogP contribution in [0.4, 0.5) is 9.18 Å². The first kappa shape index (κ1) is 30.3. The standard InChI is InChI=1S/C22H35FN6O7/c1-5-6-7-8-9-10-18(31)24-11-19(32)29(26-16(3)30)15(2)12-27(4)22(35)36-14-28-13-17(23)20(33)25-21(28)34/h13,15H,5-12,14H2,1-4H3,(H,24,31)(H,26,30)(H,25,33,34)/t15-/m1/s1. The fourth-order valence-corrected chi connectivity index (χ4v) is 3.19. The Morgan fingerprint density at radius 2 is 1.83 bits per heavy atom. The smallest absolute Gasteiger partial charge is 0.411 e. The lowest BCUT2D eigenvalue weighted by molar-refractivity contribution is -0.143. The molecular weight excluding hydrogens is 479 g/mol. The van der Waals surface area contributed by atoms with E-state index in [-0.39, 0.29) is 19.0 Å². The molecule has 1 rings (SSSR count). The summed E-state index contributed by atoms with van der Waals surface area (Å²) in [7, 11) is 1.35. The largest absolute Gasteiger partial charge is 0.427 e. The van der Waals surface area contributed by atoms with Gasteiger partial charge in [0.2, 0.25) is 17.6 Å². The van der Waals surface area contributed by atoms with Gasteiger partial charge in [-0.3, -0.25) is 34.2 Å². The number of unbranched alkanes of at least 4 members (excludes halogenated alkanes) is 4. The molecule has 1 heterocycles. The number of aromatic nitrogens is 2. The van der Waals surface area contributed by atoms with E-state index in [4.69, 9.17) is 4.74 Å². The lowest BCUT2D eigenvalue weighted by Gasteiger charge is -2.31. The Labute approximate surface area is 207 Å². The minimum Gasteiger partial charge on any atom is -0.427 e. The van der Waals surface area contributed by atoms with Crippen LogP contribution in [-0.4, -0.2) is 69.5 Å². The summed E-state index contributed by atoms with van der Waals surface area (Å²) in [4.78, 5) is 74.1. The van der Waals surface area contributed by atoms with Crippen LogP contribution in [0.1, 0.15) is 59.3 Å². The Hall–Kier alpha value is -3.71. The summed E-state index contributed by atoms with van der Waals surface area (Å²) in [6.07, 6.45) is 4.89. The average Bonchev–Trinajstić information content (AvgIpc) is 2.81. The Kier molecular flexibility index (Phi) is 12.9. The predicted octanol–water partition coefficient (Wildman–Crippen LogP) is 0.447. The summed E-state index contributed by atoms with van der Waals surface area (Å²) < 4.78 is 18.9. The van der Waals surface area contributed by atoms with Crippen LogP contribution in [-0.2, 0) is 25.9 Å². The number of nitrogens with one attached hydrogen (secondary N) is 3. The van der Waals surface area contributed by atoms with Gasteiger partial charge < -0.3 is 15.0 Å². The van der Waals surface area contributed by atoms with Crippen molar-refractivity contribution in [2.45, 2.75) is 72.1 Å². The van der Waals surface area contributed by atoms with E-state index >= 15 is 0 Å². The zero-order chi connectivity index (χ0) is 27.3. The van der Waals surface area contributed by atoms with E-state index in [2.05, 4.69) is 17.7 Å². The molecule has 0 unspecified atom stereocenters. The number of likely N-dealkylation sites (N-methyl/N-ethyl adjacent to an activating group) is 1. The second kappa shape index (κ2) is 15.3. The van der Waals surface area contributed by atoms with Crippen LogP contribution in [0.2, 0.25) is 0 Å². The SMILES string of the molecule is CCCCCCCC(=O)NCC(=O)N(NC(C)=O)[C@H](C)CN(C)C(=O)OCn1cc(F)c(=O)[nH]c1=O. The molecule has 1 aromatic heterocycles. The van der Waals surface area contributed by atoms with Gasteiger partial charge in [0.15, 0.2) is 6.73 Å². The maximum absolute atomic E-state index is 13.3. The van der Waals surface area contributed by atoms with E-state index in [0.717, 1.165) is 42.0 Å². The fourth-order valence-electron chi connectivity index (χ4n) is 3.19. The van der Waals surface area contributed by atoms with E-state index in [9.17, 15) is 33.2 Å². The minimum atomic E-state index is -1.22. The third kappa shape index (κ3) is 10.7. The second-order valence-corrected chi connectivity index (χ2v) is 8.35. The first-order valence-corrected chi connectivity index (χ1v) is 11.7. The van der Waals surface area contributed by atoms with Crippen molar-refractivity contribution >= 4 is 23.8 Å². The van der Waals surface area contributed by atoms with Gasteiger partial charge in [-0.2, -0.15) is 4.39 Å². The monoisotopic (exact) mass is 514 g/mol. The van der Waals surface area contributed by atoms with Crippen molar-refractivity contribution in [3.05, 3.63) is 32.9 Å². The van der Waals surface area contributed by atoms with Crippen molar-refractivity contribution in [2.24, 2.45) is 0 Å². The van der Waals surface area contributed by atoms with Gasteiger partial charge in [0, 0.05) is 26.9 Å². The molecule has 0 aromatic carbocycles. The van der Waals surface area contributed by atoms with Crippen molar-refractivity contribution < 1.29 is 28.3 Å². The first-order chi connectivity index (χ1) is 17.0. The number of hydrazine groups is 1. The Bertz CT molecular complexity index is 1020. The summed E-state index contributed by atoms with van der Waals surface area (Å²) in [6.45, 7) is 3.78. The van der Waals surface area contributed by atoms with Crippen LogP contribution < -0.4 is 22.0 Å². The third-order valence-corrected chi connectivity index (χ3v) is 5.08. The van der Waals surface area contributed by atoms with Crippen LogP contribution in [0.25, 0.3) is 0 Å². The molecule has 13 nitrogen and oxygen atoms in total. The summed E-state index contributed by atoms with van der Waals surface area (Å²) in [5, 5.41) is 3.54. The summed E-state index contributed by atoms with van der Waals surface area (Å²) in [6, 6.07) is -0.724. The molecule has 202 valence electrons. The Balaban J connectivity index is 2.63. The average molecular weight is 515 g/mol. The Morgan fingerprint density at radius 1 is 1.17 bits per heavy atom. The maximum atomic E-state index is 13.3. The molecule has 0 saturated carbocycles. The number of ether oxygens (including phenoxy) is 1. The van der Waals surface area contributed by atoms with Crippen LogP contribution in [0.5, 0.6) is 0 Å². The van der Waals surface area contributed by atoms with Crippen molar-refractivity contribution in [1.82, 2.24) is 30.2 Å². The molecule has 3 N–H and O–H groups in total. The third-order valence-electron chi connectivity index (χ3n) is 5.08. The summed E-state index contributed by atoms with van der Waals surface area (Å²) in [5.74, 6) is -2.61. The predicted molar refractivity (Wildman–Crippen MR) is 127 cm³/mol. The molecule has 0 aliphatic rings. The zero-order valence-electron chi connectivity index (χ0n) is 21.1. The highest BCUT2D eigenvalue weighted by molar-refractivity contribution is 5.86. The number of hydrogen-bond acceptors (Lipinski definition) is 7. The topological polar surface area (TPSA) is 163 Å². The van der Waals surface area contributed by atoms with Crippen LogP contribution in [0.3, 0.4) is 0 Å². The fraction of sp³-hybridized carbons (Fsp3) is 0.636. The van der Waals surface area contributed by atoms with Gasteiger partial charge in [-0.25, -0.2) is 14.6 Å². The molecule has 0 aliphatic heterocycles. The molecule has 36 heavy (non-hydrogen) atoms. The number of rotatable bonds is 13. The second-order valence-electron chi connectivity index (χ2n) is 8.35. The zero-order valence-corrected chi connectivity index (χ0v) is 21.1. The van der Waals surface area contributed by atoms with E-state index in [0.29, 0.717) is 17.2 Å². The molecule has 0 bridgehead atoms. The van der Waals surface area contributed by atoms with E-state index in [1.807, 2.05) is 0 Å². The molecule has 1 atom stereocenters. The summed E-state index contributed by atoms with van der Waals surface area (Å²) in [5.41, 5.74) is 0.227. The molecule has 0 saturated heterocycles. The molecule has 0 radical (unpaired) electrons. The van der Waals surface area contributed by atoms with E-state index < -0.39 is 47.7 Å². The number of H-pyrrole nitrogens is 1. The van der Waals surface area contributed by atoms with Gasteiger partial charge in [0.25, 0.3) is 11.5 Å². The first-order valence-electron chi connectivity index (χ1n) is 11.7. The van der Waals surface area contributed by atoms with Gasteiger partial charge in [-0.15, -0.1) is 0 Å². The number of halogens is 1. The van der Waals surface area contributed by atoms with Crippen LogP contribution in [0, 0.1) is 5.82 Å². The van der Waals surface area contributed by atoms with Gasteiger partial charge in [0.1, 0.15) is 0 Å². The van der Waals surface area contributed by atoms with E-state index in [1.165, 1.54) is 14.0 Å². The number of hydrogen-bond donors (Lipinski definition) is 3. The molecule has 0 fully saturated rings. The van der Waals surface area contributed by atoms with Crippen molar-refractivity contribution in [3.8, 4) is 0 Å². The number of carbonyl (C=O) groups is 4. The molecule has 4 amide bonds. The van der Waals surface area contributed by atoms with Gasteiger partial charge in [-0.1, -0.05) is 32.6 Å². The molecule has 0 aliphatic carbocycles. The highest BCUT2D eigenvalue weighted by Gasteiger charge is 2.25. The number of aromatic amines is 1. The number of carbonyl (C=O) groups excluding carboxylic acids is 4. The number of amides is 4. The number of nitrogens with zero attached hydrogens (tertiary/aromatic N) is 3. The van der Waals surface area contributed by atoms with Gasteiger partial charge in [0.05, 0.1) is 18.8 Å². The highest BCUT2D eigenvalue weighted by Crippen LogP contribution is 2.05. The van der Waals surface area contributed by atoms with E-state index in [1.54, 1.807) is 11.9 Å². The minimum absolute atomic E-state index is 0.0922. The quantitative estimate of drug-likeness (QED) is 0.254. The Morgan fingerprint density at radius 3 is 2.47 bits per heavy atom. The summed E-state index contributed by atoms with van der Waals surface area (Å²) >= 11 is 0. The van der Waals surface area contributed by atoms with Crippen LogP contribution in [0.15, 0.2) is 15.8 Å². The highest BCUT2D eigenvalue weighted by atomic mass is 19.1. The molecular formula is C22H35FN6O7. The van der Waals surface area contributed by atoms with Gasteiger partial charge >= 0.3 is 11.8 Å². The van der Waals surface area contributed by atoms with Crippen molar-refractivity contribution in [2.75, 3.05) is 20.1 Å². The van der Waals surface area contributed by atoms with Gasteiger partial charge in [-0.05, 0) is 13.3 Å². The molecule has 0 spiro atoms. The lowest BCUT2D eigenvalue weighted by atomic mass is 10.1. The van der Waals surface area contributed by atoms with Crippen LogP contribution >= 0.6 is 0 Å². The lowest BCUT2D eigenvalue weighted by Crippen LogP contribution is -2.56. The maximum Gasteiger partial charge on any atom is 0.411 e. The molecule has 1 aromatic rings. The molecule has 14 heteroatoms. The normalized spacial score (nSPS) is 11.4. The van der Waals surface area contributed by atoms with Crippen molar-refractivity contribution in [3.63, 3.8) is 0 Å².